The van der Waals surface area contributed by atoms with Crippen LogP contribution >= 0.6 is 0 Å². The zero-order chi connectivity index (χ0) is 23.8. The molecule has 2 aromatic heterocycles. The van der Waals surface area contributed by atoms with Gasteiger partial charge in [-0.05, 0) is 49.7 Å². The van der Waals surface area contributed by atoms with Gasteiger partial charge in [-0.3, -0.25) is 5.32 Å². The van der Waals surface area contributed by atoms with Gasteiger partial charge in [0, 0.05) is 16.6 Å². The number of aromatic nitrogens is 1. The van der Waals surface area contributed by atoms with Crippen molar-refractivity contribution in [3.05, 3.63) is 89.5 Å². The molecule has 34 heavy (non-hydrogen) atoms. The number of carbonyl (C=O) groups excluding carboxylic acids is 1. The molecule has 0 aliphatic carbocycles. The van der Waals surface area contributed by atoms with Crippen LogP contribution < -0.4 is 10.1 Å². The van der Waals surface area contributed by atoms with Crippen molar-refractivity contribution < 1.29 is 23.8 Å². The molecule has 0 aliphatic rings. The Bertz CT molecular complexity index is 1570. The Hall–Kier alpha value is -4.65. The minimum Gasteiger partial charge on any atom is -0.478 e. The molecule has 5 aromatic rings. The lowest BCUT2D eigenvalue weighted by Crippen LogP contribution is -2.17. The van der Waals surface area contributed by atoms with E-state index in [0.717, 1.165) is 16.5 Å². The van der Waals surface area contributed by atoms with E-state index in [9.17, 15) is 14.7 Å². The summed E-state index contributed by atoms with van der Waals surface area (Å²) >= 11 is 0. The number of amides is 1. The van der Waals surface area contributed by atoms with Gasteiger partial charge in [-0.25, -0.2) is 14.6 Å². The predicted molar refractivity (Wildman–Crippen MR) is 129 cm³/mol. The lowest BCUT2D eigenvalue weighted by Gasteiger charge is -2.13. The number of carboxylic acids is 1. The minimum absolute atomic E-state index is 0.0360. The lowest BCUT2D eigenvalue weighted by molar-refractivity contribution is 0.0698. The van der Waals surface area contributed by atoms with E-state index in [1.807, 2.05) is 44.2 Å². The van der Waals surface area contributed by atoms with Crippen molar-refractivity contribution in [3.8, 4) is 17.2 Å². The molecular formula is C27H20N2O5. The van der Waals surface area contributed by atoms with Crippen molar-refractivity contribution in [2.45, 2.75) is 13.8 Å². The molecule has 0 bridgehead atoms. The van der Waals surface area contributed by atoms with E-state index in [1.165, 1.54) is 6.07 Å². The fourth-order valence-corrected chi connectivity index (χ4v) is 4.00. The highest BCUT2D eigenvalue weighted by Gasteiger charge is 2.22. The van der Waals surface area contributed by atoms with Gasteiger partial charge in [-0.1, -0.05) is 42.5 Å². The van der Waals surface area contributed by atoms with E-state index < -0.39 is 12.1 Å². The average molecular weight is 452 g/mol. The molecular weight excluding hydrogens is 432 g/mol. The molecule has 0 saturated carbocycles. The van der Waals surface area contributed by atoms with Crippen LogP contribution in [-0.4, -0.2) is 22.2 Å². The highest BCUT2D eigenvalue weighted by molar-refractivity contribution is 6.08. The molecule has 2 heterocycles. The number of para-hydroxylation sites is 2. The maximum atomic E-state index is 12.5. The highest BCUT2D eigenvalue weighted by atomic mass is 16.6. The number of hydrogen-bond acceptors (Lipinski definition) is 5. The third-order valence-electron chi connectivity index (χ3n) is 5.65. The Labute approximate surface area is 194 Å². The van der Waals surface area contributed by atoms with Crippen LogP contribution in [0, 0.1) is 13.8 Å². The van der Waals surface area contributed by atoms with Crippen LogP contribution in [0.15, 0.2) is 77.2 Å². The maximum Gasteiger partial charge on any atom is 0.417 e. The van der Waals surface area contributed by atoms with Gasteiger partial charge in [0.1, 0.15) is 17.0 Å². The number of ether oxygens (including phenoxy) is 1. The molecule has 0 unspecified atom stereocenters. The normalized spacial score (nSPS) is 11.0. The van der Waals surface area contributed by atoms with Gasteiger partial charge in [0.15, 0.2) is 5.76 Å². The number of hydrogen-bond donors (Lipinski definition) is 2. The van der Waals surface area contributed by atoms with E-state index >= 15 is 0 Å². The van der Waals surface area contributed by atoms with Gasteiger partial charge in [-0.2, -0.15) is 0 Å². The van der Waals surface area contributed by atoms with E-state index in [4.69, 9.17) is 14.1 Å². The second kappa shape index (κ2) is 8.37. The topological polar surface area (TPSA) is 102 Å². The van der Waals surface area contributed by atoms with Crippen LogP contribution in [0.4, 0.5) is 10.5 Å². The number of furan rings is 1. The van der Waals surface area contributed by atoms with Gasteiger partial charge in [0.25, 0.3) is 0 Å². The van der Waals surface area contributed by atoms with E-state index in [2.05, 4.69) is 5.32 Å². The van der Waals surface area contributed by atoms with Crippen molar-refractivity contribution in [3.63, 3.8) is 0 Å². The summed E-state index contributed by atoms with van der Waals surface area (Å²) in [6.07, 6.45) is -0.732. The first-order valence-corrected chi connectivity index (χ1v) is 10.6. The number of rotatable bonds is 4. The molecule has 7 heteroatoms. The smallest absolute Gasteiger partial charge is 0.417 e. The number of fused-ring (bicyclic) bond motifs is 2. The Morgan fingerprint density at radius 2 is 1.71 bits per heavy atom. The monoisotopic (exact) mass is 452 g/mol. The molecule has 0 saturated heterocycles. The van der Waals surface area contributed by atoms with Gasteiger partial charge < -0.3 is 14.3 Å². The summed E-state index contributed by atoms with van der Waals surface area (Å²) in [6.45, 7) is 3.73. The summed E-state index contributed by atoms with van der Waals surface area (Å²) in [5.41, 5.74) is 3.64. The molecule has 3 aromatic carbocycles. The zero-order valence-corrected chi connectivity index (χ0v) is 18.5. The van der Waals surface area contributed by atoms with Crippen LogP contribution in [0.25, 0.3) is 33.3 Å². The zero-order valence-electron chi connectivity index (χ0n) is 18.5. The SMILES string of the molecule is Cc1c(-c2cc(C(=O)O)c3c(OC(=O)Nc4ccccc4)ccc(C)c3n2)oc2ccccc12. The quantitative estimate of drug-likeness (QED) is 0.320. The highest BCUT2D eigenvalue weighted by Crippen LogP contribution is 2.37. The van der Waals surface area contributed by atoms with Crippen LogP contribution in [0.5, 0.6) is 5.75 Å². The largest absolute Gasteiger partial charge is 0.478 e. The van der Waals surface area contributed by atoms with Crippen molar-refractivity contribution in [2.75, 3.05) is 5.32 Å². The van der Waals surface area contributed by atoms with Gasteiger partial charge >= 0.3 is 12.1 Å². The number of nitrogens with one attached hydrogen (secondary N) is 1. The first-order chi connectivity index (χ1) is 16.4. The first kappa shape index (κ1) is 21.2. The standard InChI is InChI=1S/C27H20N2O5/c1-15-12-13-22(34-27(32)28-17-8-4-3-5-9-17)23-19(26(30)31)14-20(29-24(15)23)25-16(2)18-10-6-7-11-21(18)33-25/h3-14H,1-2H3,(H,28,32)(H,30,31). The third-order valence-corrected chi connectivity index (χ3v) is 5.65. The molecule has 0 atom stereocenters. The molecule has 0 aliphatic heterocycles. The molecule has 0 spiro atoms. The van der Waals surface area contributed by atoms with E-state index in [1.54, 1.807) is 36.4 Å². The number of nitrogens with zero attached hydrogens (tertiary/aromatic N) is 1. The Morgan fingerprint density at radius 1 is 0.971 bits per heavy atom. The Kier molecular flexibility index (Phi) is 5.22. The number of anilines is 1. The number of carbonyl (C=O) groups is 2. The summed E-state index contributed by atoms with van der Waals surface area (Å²) < 4.78 is 11.5. The fraction of sp³-hybridized carbons (Fsp3) is 0.0741. The summed E-state index contributed by atoms with van der Waals surface area (Å²) in [5, 5.41) is 13.8. The molecule has 2 N–H and O–H groups in total. The fourth-order valence-electron chi connectivity index (χ4n) is 4.00. The minimum atomic E-state index is -1.17. The lowest BCUT2D eigenvalue weighted by atomic mass is 10.0. The number of pyridine rings is 1. The van der Waals surface area contributed by atoms with Crippen LogP contribution in [-0.2, 0) is 0 Å². The third kappa shape index (κ3) is 3.73. The van der Waals surface area contributed by atoms with Crippen LogP contribution in [0.3, 0.4) is 0 Å². The molecule has 7 nitrogen and oxygen atoms in total. The Morgan fingerprint density at radius 3 is 2.44 bits per heavy atom. The van der Waals surface area contributed by atoms with E-state index in [0.29, 0.717) is 28.2 Å². The summed E-state index contributed by atoms with van der Waals surface area (Å²) in [5.74, 6) is -0.564. The molecule has 1 amide bonds. The second-order valence-corrected chi connectivity index (χ2v) is 7.90. The van der Waals surface area contributed by atoms with Crippen LogP contribution in [0.1, 0.15) is 21.5 Å². The van der Waals surface area contributed by atoms with Crippen molar-refractivity contribution >= 4 is 39.6 Å². The summed E-state index contributed by atoms with van der Waals surface area (Å²) in [6, 6.07) is 21.2. The predicted octanol–water partition coefficient (Wildman–Crippen LogP) is 6.57. The van der Waals surface area contributed by atoms with Gasteiger partial charge in [0.05, 0.1) is 16.5 Å². The second-order valence-electron chi connectivity index (χ2n) is 7.90. The summed E-state index contributed by atoms with van der Waals surface area (Å²) in [4.78, 5) is 29.5. The molecule has 0 fully saturated rings. The maximum absolute atomic E-state index is 12.5. The number of aromatic carboxylic acids is 1. The van der Waals surface area contributed by atoms with Crippen molar-refractivity contribution in [1.82, 2.24) is 4.98 Å². The first-order valence-electron chi connectivity index (χ1n) is 10.6. The van der Waals surface area contributed by atoms with Crippen LogP contribution in [0.2, 0.25) is 0 Å². The van der Waals surface area contributed by atoms with E-state index in [-0.39, 0.29) is 16.7 Å². The van der Waals surface area contributed by atoms with Gasteiger partial charge in [-0.15, -0.1) is 0 Å². The summed E-state index contributed by atoms with van der Waals surface area (Å²) in [7, 11) is 0. The van der Waals surface area contributed by atoms with Crippen molar-refractivity contribution in [1.29, 1.82) is 0 Å². The number of aryl methyl sites for hydroxylation is 2. The number of benzene rings is 3. The average Bonchev–Trinajstić information content (AvgIpc) is 3.17. The molecule has 5 rings (SSSR count). The van der Waals surface area contributed by atoms with Crippen molar-refractivity contribution in [2.24, 2.45) is 0 Å². The Balaban J connectivity index is 1.64. The number of carboxylic acid groups (broad SMARTS) is 1. The van der Waals surface area contributed by atoms with Gasteiger partial charge in [0.2, 0.25) is 0 Å². The molecule has 0 radical (unpaired) electrons. The molecule has 168 valence electrons.